The molecule has 2 aromatic carbocycles. The second-order valence-electron chi connectivity index (χ2n) is 7.33. The van der Waals surface area contributed by atoms with Crippen LogP contribution in [-0.4, -0.2) is 40.4 Å². The van der Waals surface area contributed by atoms with E-state index in [2.05, 4.69) is 5.10 Å². The summed E-state index contributed by atoms with van der Waals surface area (Å²) in [4.78, 5) is 19.7. The molecule has 0 aliphatic heterocycles. The van der Waals surface area contributed by atoms with E-state index in [1.807, 2.05) is 80.1 Å². The number of aromatic nitrogens is 3. The second kappa shape index (κ2) is 9.82. The first-order valence-corrected chi connectivity index (χ1v) is 11.4. The molecule has 4 aromatic rings. The van der Waals surface area contributed by atoms with Gasteiger partial charge in [0, 0.05) is 12.2 Å². The lowest BCUT2D eigenvalue weighted by Gasteiger charge is -2.20. The van der Waals surface area contributed by atoms with E-state index in [4.69, 9.17) is 14.5 Å². The van der Waals surface area contributed by atoms with Gasteiger partial charge in [-0.25, -0.2) is 4.98 Å². The fraction of sp³-hybridized carbons (Fsp3) is 0.292. The number of nitrogens with zero attached hydrogens (tertiary/aromatic N) is 4. The Morgan fingerprint density at radius 3 is 2.62 bits per heavy atom. The lowest BCUT2D eigenvalue weighted by atomic mass is 10.3. The number of hydrogen-bond donors (Lipinski definition) is 0. The summed E-state index contributed by atoms with van der Waals surface area (Å²) < 4.78 is 14.3. The molecule has 0 spiro atoms. The van der Waals surface area contributed by atoms with Crippen molar-refractivity contribution in [2.45, 2.75) is 27.3 Å². The van der Waals surface area contributed by atoms with Gasteiger partial charge in [0.1, 0.15) is 17.0 Å². The molecule has 0 aliphatic carbocycles. The van der Waals surface area contributed by atoms with E-state index in [0.717, 1.165) is 27.4 Å². The van der Waals surface area contributed by atoms with Crippen LogP contribution in [0.1, 0.15) is 18.3 Å². The van der Waals surface area contributed by atoms with Crippen LogP contribution in [0.15, 0.2) is 54.6 Å². The van der Waals surface area contributed by atoms with Crippen LogP contribution in [0.2, 0.25) is 0 Å². The van der Waals surface area contributed by atoms with Crippen LogP contribution in [0.25, 0.3) is 10.2 Å². The van der Waals surface area contributed by atoms with Crippen molar-refractivity contribution in [2.75, 3.05) is 24.7 Å². The van der Waals surface area contributed by atoms with Crippen molar-refractivity contribution in [3.63, 3.8) is 0 Å². The van der Waals surface area contributed by atoms with E-state index in [1.165, 1.54) is 11.3 Å². The summed E-state index contributed by atoms with van der Waals surface area (Å²) in [6.45, 7) is 7.39. The van der Waals surface area contributed by atoms with Crippen molar-refractivity contribution >= 4 is 32.6 Å². The van der Waals surface area contributed by atoms with Crippen molar-refractivity contribution in [3.8, 4) is 11.5 Å². The Morgan fingerprint density at radius 1 is 1.09 bits per heavy atom. The maximum atomic E-state index is 13.2. The van der Waals surface area contributed by atoms with Crippen LogP contribution >= 0.6 is 11.3 Å². The Morgan fingerprint density at radius 2 is 1.91 bits per heavy atom. The number of amides is 1. The molecule has 8 heteroatoms. The lowest BCUT2D eigenvalue weighted by Crippen LogP contribution is -2.37. The van der Waals surface area contributed by atoms with Crippen molar-refractivity contribution in [1.29, 1.82) is 0 Å². The van der Waals surface area contributed by atoms with Gasteiger partial charge < -0.3 is 9.47 Å². The number of aryl methyl sites for hydroxylation is 2. The molecular formula is C24H26N4O3S. The maximum Gasteiger partial charge on any atom is 0.266 e. The molecule has 7 nitrogen and oxygen atoms in total. The zero-order valence-electron chi connectivity index (χ0n) is 18.4. The van der Waals surface area contributed by atoms with Crippen LogP contribution in [-0.2, 0) is 11.3 Å². The highest BCUT2D eigenvalue weighted by Crippen LogP contribution is 2.34. The normalized spacial score (nSPS) is 11.0. The number of carbonyl (C=O) groups is 1. The smallest absolute Gasteiger partial charge is 0.266 e. The molecule has 0 radical (unpaired) electrons. The highest BCUT2D eigenvalue weighted by atomic mass is 32.1. The molecule has 32 heavy (non-hydrogen) atoms. The molecule has 0 atom stereocenters. The van der Waals surface area contributed by atoms with Crippen LogP contribution in [0.4, 0.5) is 5.13 Å². The number of anilines is 1. The van der Waals surface area contributed by atoms with Gasteiger partial charge in [0.05, 0.1) is 23.5 Å². The van der Waals surface area contributed by atoms with Gasteiger partial charge in [-0.05, 0) is 51.1 Å². The Kier molecular flexibility index (Phi) is 6.70. The van der Waals surface area contributed by atoms with E-state index >= 15 is 0 Å². The van der Waals surface area contributed by atoms with E-state index < -0.39 is 0 Å². The summed E-state index contributed by atoms with van der Waals surface area (Å²) in [6.07, 6.45) is 0. The van der Waals surface area contributed by atoms with E-state index in [9.17, 15) is 4.79 Å². The number of rotatable bonds is 9. The summed E-state index contributed by atoms with van der Waals surface area (Å²) in [7, 11) is 0. The van der Waals surface area contributed by atoms with E-state index in [1.54, 1.807) is 4.90 Å². The Hall–Kier alpha value is -3.39. The minimum Gasteiger partial charge on any atom is -0.492 e. The molecule has 1 amide bonds. The molecule has 0 bridgehead atoms. The number of fused-ring (bicyclic) bond motifs is 1. The van der Waals surface area contributed by atoms with Gasteiger partial charge in [0.15, 0.2) is 11.7 Å². The SMILES string of the molecule is CCOc1cccc2sc(N(CCn3nc(C)cc3C)C(=O)COc3ccccc3)nc12. The molecule has 166 valence electrons. The maximum absolute atomic E-state index is 13.2. The third-order valence-electron chi connectivity index (χ3n) is 4.95. The van der Waals surface area contributed by atoms with Gasteiger partial charge in [-0.15, -0.1) is 0 Å². The third kappa shape index (κ3) is 4.91. The largest absolute Gasteiger partial charge is 0.492 e. The quantitative estimate of drug-likeness (QED) is 0.372. The molecule has 4 rings (SSSR count). The lowest BCUT2D eigenvalue weighted by molar-refractivity contribution is -0.120. The predicted octanol–water partition coefficient (Wildman–Crippen LogP) is 4.62. The highest BCUT2D eigenvalue weighted by molar-refractivity contribution is 7.22. The summed E-state index contributed by atoms with van der Waals surface area (Å²) in [5, 5.41) is 5.14. The molecule has 2 aromatic heterocycles. The molecule has 0 saturated carbocycles. The number of para-hydroxylation sites is 2. The fourth-order valence-electron chi connectivity index (χ4n) is 3.46. The minimum atomic E-state index is -0.160. The van der Waals surface area contributed by atoms with E-state index in [0.29, 0.717) is 30.6 Å². The van der Waals surface area contributed by atoms with Crippen LogP contribution in [0.3, 0.4) is 0 Å². The summed E-state index contributed by atoms with van der Waals surface area (Å²) in [5.74, 6) is 1.22. The van der Waals surface area contributed by atoms with Crippen molar-refractivity contribution in [2.24, 2.45) is 0 Å². The molecule has 0 fully saturated rings. The predicted molar refractivity (Wildman–Crippen MR) is 127 cm³/mol. The van der Waals surface area contributed by atoms with Gasteiger partial charge in [0.2, 0.25) is 0 Å². The molecule has 0 unspecified atom stereocenters. The van der Waals surface area contributed by atoms with Crippen LogP contribution in [0.5, 0.6) is 11.5 Å². The van der Waals surface area contributed by atoms with Gasteiger partial charge in [0.25, 0.3) is 5.91 Å². The summed E-state index contributed by atoms with van der Waals surface area (Å²) in [5.41, 5.74) is 2.77. The standard InChI is InChI=1S/C24H26N4O3S/c1-4-30-20-11-8-12-21-23(20)25-24(32-21)27(13-14-28-18(3)15-17(2)26-28)22(29)16-31-19-9-6-5-7-10-19/h5-12,15H,4,13-14,16H2,1-3H3. The minimum absolute atomic E-state index is 0.0740. The average Bonchev–Trinajstić information content (AvgIpc) is 3.36. The zero-order chi connectivity index (χ0) is 22.5. The third-order valence-corrected chi connectivity index (χ3v) is 5.99. The van der Waals surface area contributed by atoms with Crippen LogP contribution < -0.4 is 14.4 Å². The van der Waals surface area contributed by atoms with Crippen molar-refractivity contribution in [3.05, 3.63) is 66.0 Å². The zero-order valence-corrected chi connectivity index (χ0v) is 19.3. The fourth-order valence-corrected chi connectivity index (χ4v) is 4.49. The topological polar surface area (TPSA) is 69.5 Å². The van der Waals surface area contributed by atoms with E-state index in [-0.39, 0.29) is 12.5 Å². The summed E-state index contributed by atoms with van der Waals surface area (Å²) >= 11 is 1.47. The van der Waals surface area contributed by atoms with Gasteiger partial charge in [-0.3, -0.25) is 14.4 Å². The first-order valence-electron chi connectivity index (χ1n) is 10.6. The average molecular weight is 451 g/mol. The Balaban J connectivity index is 1.60. The highest BCUT2D eigenvalue weighted by Gasteiger charge is 2.22. The van der Waals surface area contributed by atoms with Gasteiger partial charge >= 0.3 is 0 Å². The molecule has 0 N–H and O–H groups in total. The number of carbonyl (C=O) groups excluding carboxylic acids is 1. The molecule has 0 aliphatic rings. The van der Waals surface area contributed by atoms with Crippen molar-refractivity contribution < 1.29 is 14.3 Å². The molecule has 0 saturated heterocycles. The van der Waals surface area contributed by atoms with Crippen LogP contribution in [0, 0.1) is 13.8 Å². The van der Waals surface area contributed by atoms with Gasteiger partial charge in [-0.1, -0.05) is 35.6 Å². The molecular weight excluding hydrogens is 424 g/mol. The number of ether oxygens (including phenoxy) is 2. The summed E-state index contributed by atoms with van der Waals surface area (Å²) in [6, 6.07) is 17.2. The first kappa shape index (κ1) is 21.8. The molecule has 2 heterocycles. The second-order valence-corrected chi connectivity index (χ2v) is 8.34. The first-order chi connectivity index (χ1) is 15.5. The number of hydrogen-bond acceptors (Lipinski definition) is 6. The number of thiazole rings is 1. The van der Waals surface area contributed by atoms with Gasteiger partial charge in [-0.2, -0.15) is 5.10 Å². The number of benzene rings is 2. The van der Waals surface area contributed by atoms with Crippen molar-refractivity contribution in [1.82, 2.24) is 14.8 Å². The monoisotopic (exact) mass is 450 g/mol. The Bertz CT molecular complexity index is 1200. The Labute approximate surface area is 191 Å².